The van der Waals surface area contributed by atoms with Crippen molar-refractivity contribution in [2.45, 2.75) is 13.8 Å². The summed E-state index contributed by atoms with van der Waals surface area (Å²) in [5, 5.41) is 5.83. The van der Waals surface area contributed by atoms with Gasteiger partial charge in [-0.1, -0.05) is 12.1 Å². The highest BCUT2D eigenvalue weighted by Crippen LogP contribution is 2.33. The molecule has 0 fully saturated rings. The van der Waals surface area contributed by atoms with Crippen molar-refractivity contribution >= 4 is 34.7 Å². The van der Waals surface area contributed by atoms with Crippen molar-refractivity contribution in [1.29, 1.82) is 0 Å². The number of nitrogens with one attached hydrogen (secondary N) is 2. The van der Waals surface area contributed by atoms with E-state index in [0.717, 1.165) is 5.52 Å². The molecular formula is C22H19N5O4. The molecule has 2 aromatic carbocycles. The van der Waals surface area contributed by atoms with Crippen LogP contribution in [0.3, 0.4) is 0 Å². The Morgan fingerprint density at radius 2 is 1.68 bits per heavy atom. The Hall–Kier alpha value is -4.14. The highest BCUT2D eigenvalue weighted by molar-refractivity contribution is 6.06. The molecule has 1 aliphatic heterocycles. The topological polar surface area (TPSA) is 111 Å². The zero-order valence-electron chi connectivity index (χ0n) is 16.9. The maximum atomic E-state index is 12.9. The van der Waals surface area contributed by atoms with Gasteiger partial charge in [-0.25, -0.2) is 9.97 Å². The molecule has 0 spiro atoms. The molecule has 4 aromatic rings. The van der Waals surface area contributed by atoms with E-state index in [0.29, 0.717) is 58.9 Å². The Bertz CT molecular complexity index is 1240. The second-order valence-electron chi connectivity index (χ2n) is 7.02. The highest BCUT2D eigenvalue weighted by Gasteiger charge is 2.19. The Labute approximate surface area is 177 Å². The van der Waals surface area contributed by atoms with Crippen LogP contribution < -0.4 is 20.1 Å². The fraction of sp³-hybridized carbons (Fsp3) is 0.182. The lowest BCUT2D eigenvalue weighted by molar-refractivity contribution is 0.102. The van der Waals surface area contributed by atoms with E-state index in [-0.39, 0.29) is 11.9 Å². The molecule has 156 valence electrons. The summed E-state index contributed by atoms with van der Waals surface area (Å²) in [7, 11) is 0. The highest BCUT2D eigenvalue weighted by atomic mass is 16.6. The number of nitrogens with zero attached hydrogens (tertiary/aromatic N) is 3. The Morgan fingerprint density at radius 3 is 2.45 bits per heavy atom. The predicted octanol–water partition coefficient (Wildman–Crippen LogP) is 4.00. The monoisotopic (exact) mass is 417 g/mol. The first-order chi connectivity index (χ1) is 15.1. The lowest BCUT2D eigenvalue weighted by atomic mass is 10.1. The van der Waals surface area contributed by atoms with Crippen LogP contribution in [-0.4, -0.2) is 34.1 Å². The lowest BCUT2D eigenvalue weighted by Crippen LogP contribution is -2.19. The summed E-state index contributed by atoms with van der Waals surface area (Å²) in [6, 6.07) is 13.0. The number of oxazole rings is 1. The minimum absolute atomic E-state index is 0.286. The van der Waals surface area contributed by atoms with Crippen LogP contribution >= 0.6 is 0 Å². The van der Waals surface area contributed by atoms with Crippen molar-refractivity contribution in [3.63, 3.8) is 0 Å². The third kappa shape index (κ3) is 3.73. The maximum Gasteiger partial charge on any atom is 0.302 e. The zero-order valence-corrected chi connectivity index (χ0v) is 16.9. The molecule has 9 nitrogen and oxygen atoms in total. The van der Waals surface area contributed by atoms with Gasteiger partial charge in [0.2, 0.25) is 5.95 Å². The number of amides is 1. The number of fused-ring (bicyclic) bond motifs is 2. The lowest BCUT2D eigenvalue weighted by Gasteiger charge is -2.19. The first kappa shape index (κ1) is 18.9. The van der Waals surface area contributed by atoms with Gasteiger partial charge in [-0.05, 0) is 38.1 Å². The number of anilines is 3. The van der Waals surface area contributed by atoms with Gasteiger partial charge in [0.25, 0.3) is 5.91 Å². The van der Waals surface area contributed by atoms with Gasteiger partial charge in [-0.3, -0.25) is 10.1 Å². The molecule has 2 N–H and O–H groups in total. The van der Waals surface area contributed by atoms with Crippen LogP contribution in [0.5, 0.6) is 11.5 Å². The summed E-state index contributed by atoms with van der Waals surface area (Å²) in [5.41, 5.74) is 3.45. The fourth-order valence-electron chi connectivity index (χ4n) is 3.44. The van der Waals surface area contributed by atoms with E-state index in [1.807, 2.05) is 24.3 Å². The largest absolute Gasteiger partial charge is 0.486 e. The average molecular weight is 417 g/mol. The molecule has 0 bridgehead atoms. The van der Waals surface area contributed by atoms with Gasteiger partial charge < -0.3 is 19.2 Å². The number of carbonyl (C=O) groups excluding carboxylic acids is 1. The van der Waals surface area contributed by atoms with Gasteiger partial charge in [0, 0.05) is 11.8 Å². The van der Waals surface area contributed by atoms with Gasteiger partial charge in [0.1, 0.15) is 18.7 Å². The molecule has 0 saturated carbocycles. The first-order valence-electron chi connectivity index (χ1n) is 9.75. The normalized spacial score (nSPS) is 12.6. The molecule has 31 heavy (non-hydrogen) atoms. The maximum absolute atomic E-state index is 12.9. The Morgan fingerprint density at radius 1 is 0.935 bits per heavy atom. The summed E-state index contributed by atoms with van der Waals surface area (Å²) in [6.07, 6.45) is 0. The summed E-state index contributed by atoms with van der Waals surface area (Å²) >= 11 is 0. The van der Waals surface area contributed by atoms with Crippen LogP contribution in [0, 0.1) is 13.8 Å². The number of para-hydroxylation sites is 2. The van der Waals surface area contributed by atoms with Crippen molar-refractivity contribution in [3.05, 3.63) is 59.4 Å². The smallest absolute Gasteiger partial charge is 0.302 e. The van der Waals surface area contributed by atoms with Crippen LogP contribution in [0.4, 0.5) is 17.7 Å². The van der Waals surface area contributed by atoms with Crippen LogP contribution in [0.2, 0.25) is 0 Å². The molecular weight excluding hydrogens is 398 g/mol. The molecule has 0 aliphatic carbocycles. The van der Waals surface area contributed by atoms with Gasteiger partial charge >= 0.3 is 6.01 Å². The molecule has 9 heteroatoms. The van der Waals surface area contributed by atoms with Crippen molar-refractivity contribution < 1.29 is 18.7 Å². The second kappa shape index (κ2) is 7.60. The molecule has 5 rings (SSSR count). The van der Waals surface area contributed by atoms with Gasteiger partial charge in [0.15, 0.2) is 17.1 Å². The molecule has 3 heterocycles. The molecule has 0 saturated heterocycles. The SMILES string of the molecule is Cc1nc(Nc2nc3ccccc3o2)nc(C)c1C(=O)Nc1ccc2c(c1)OCCO2. The number of ether oxygens (including phenoxy) is 2. The van der Waals surface area contributed by atoms with Crippen molar-refractivity contribution in [3.8, 4) is 11.5 Å². The van der Waals surface area contributed by atoms with Gasteiger partial charge in [0.05, 0.1) is 17.0 Å². The van der Waals surface area contributed by atoms with Gasteiger partial charge in [-0.15, -0.1) is 0 Å². The summed E-state index contributed by atoms with van der Waals surface area (Å²) < 4.78 is 16.7. The van der Waals surface area contributed by atoms with E-state index >= 15 is 0 Å². The van der Waals surface area contributed by atoms with E-state index < -0.39 is 0 Å². The molecule has 1 amide bonds. The number of rotatable bonds is 4. The Balaban J connectivity index is 1.36. The number of hydrogen-bond acceptors (Lipinski definition) is 8. The standard InChI is InChI=1S/C22H19N5O4/c1-12-19(20(28)25-14-7-8-17-18(11-14)30-10-9-29-17)13(2)24-21(23-12)27-22-26-15-5-3-4-6-16(15)31-22/h3-8,11H,9-10H2,1-2H3,(H,25,28)(H,23,24,26,27). The van der Waals surface area contributed by atoms with Crippen LogP contribution in [-0.2, 0) is 0 Å². The second-order valence-corrected chi connectivity index (χ2v) is 7.02. The molecule has 0 radical (unpaired) electrons. The van der Waals surface area contributed by atoms with Crippen LogP contribution in [0.1, 0.15) is 21.7 Å². The van der Waals surface area contributed by atoms with Crippen molar-refractivity contribution in [1.82, 2.24) is 15.0 Å². The minimum atomic E-state index is -0.305. The van der Waals surface area contributed by atoms with Crippen molar-refractivity contribution in [2.24, 2.45) is 0 Å². The first-order valence-corrected chi connectivity index (χ1v) is 9.75. The number of carbonyl (C=O) groups is 1. The number of benzene rings is 2. The van der Waals surface area contributed by atoms with E-state index in [1.54, 1.807) is 32.0 Å². The molecule has 0 atom stereocenters. The minimum Gasteiger partial charge on any atom is -0.486 e. The van der Waals surface area contributed by atoms with E-state index in [1.165, 1.54) is 0 Å². The summed E-state index contributed by atoms with van der Waals surface area (Å²) in [4.78, 5) is 26.1. The number of aromatic nitrogens is 3. The van der Waals surface area contributed by atoms with Gasteiger partial charge in [-0.2, -0.15) is 4.98 Å². The van der Waals surface area contributed by atoms with Crippen LogP contribution in [0.15, 0.2) is 46.9 Å². The molecule has 1 aliphatic rings. The summed E-state index contributed by atoms with van der Waals surface area (Å²) in [6.45, 7) is 4.50. The van der Waals surface area contributed by atoms with E-state index in [2.05, 4.69) is 25.6 Å². The number of hydrogen-bond donors (Lipinski definition) is 2. The third-order valence-corrected chi connectivity index (χ3v) is 4.81. The predicted molar refractivity (Wildman–Crippen MR) is 114 cm³/mol. The van der Waals surface area contributed by atoms with E-state index in [4.69, 9.17) is 13.9 Å². The quantitative estimate of drug-likeness (QED) is 0.512. The fourth-order valence-corrected chi connectivity index (χ4v) is 3.44. The average Bonchev–Trinajstić information content (AvgIpc) is 3.15. The molecule has 2 aromatic heterocycles. The third-order valence-electron chi connectivity index (χ3n) is 4.81. The molecule has 0 unspecified atom stereocenters. The van der Waals surface area contributed by atoms with Crippen LogP contribution in [0.25, 0.3) is 11.1 Å². The van der Waals surface area contributed by atoms with Crippen molar-refractivity contribution in [2.75, 3.05) is 23.8 Å². The Kier molecular flexibility index (Phi) is 4.62. The summed E-state index contributed by atoms with van der Waals surface area (Å²) in [5.74, 6) is 1.26. The van der Waals surface area contributed by atoms with E-state index in [9.17, 15) is 4.79 Å². The number of aryl methyl sites for hydroxylation is 2. The zero-order chi connectivity index (χ0) is 21.4.